The molecule has 4 heteroatoms. The summed E-state index contributed by atoms with van der Waals surface area (Å²) in [6.45, 7) is 4.41. The first kappa shape index (κ1) is 15.7. The van der Waals surface area contributed by atoms with Crippen LogP contribution in [0.5, 0.6) is 0 Å². The van der Waals surface area contributed by atoms with Crippen molar-refractivity contribution in [3.05, 3.63) is 59.5 Å². The summed E-state index contributed by atoms with van der Waals surface area (Å²) in [5, 5.41) is 6.80. The van der Waals surface area contributed by atoms with E-state index in [0.29, 0.717) is 12.5 Å². The number of rotatable bonds is 5. The van der Waals surface area contributed by atoms with Crippen LogP contribution in [0.3, 0.4) is 0 Å². The average Bonchev–Trinajstić information content (AvgIpc) is 3.11. The van der Waals surface area contributed by atoms with Crippen molar-refractivity contribution in [3.63, 3.8) is 0 Å². The number of aryl methyl sites for hydroxylation is 1. The molecule has 2 N–H and O–H groups in total. The number of hydrogen-bond acceptors (Lipinski definition) is 2. The first-order valence-corrected chi connectivity index (χ1v) is 8.49. The molecule has 0 aliphatic heterocycles. The van der Waals surface area contributed by atoms with Crippen LogP contribution in [-0.2, 0) is 13.0 Å². The van der Waals surface area contributed by atoms with E-state index < -0.39 is 0 Å². The fraction of sp³-hybridized carbons (Fsp3) is 0.421. The van der Waals surface area contributed by atoms with E-state index in [-0.39, 0.29) is 0 Å². The maximum Gasteiger partial charge on any atom is 0.191 e. The summed E-state index contributed by atoms with van der Waals surface area (Å²) < 4.78 is 5.34. The first-order valence-electron chi connectivity index (χ1n) is 8.49. The van der Waals surface area contributed by atoms with Crippen LogP contribution in [0.2, 0.25) is 0 Å². The number of nitrogens with one attached hydrogen (secondary N) is 2. The quantitative estimate of drug-likeness (QED) is 0.657. The van der Waals surface area contributed by atoms with Gasteiger partial charge in [0.25, 0.3) is 0 Å². The Hall–Kier alpha value is -2.23. The van der Waals surface area contributed by atoms with Gasteiger partial charge in [-0.2, -0.15) is 0 Å². The summed E-state index contributed by atoms with van der Waals surface area (Å²) in [5.41, 5.74) is 3.00. The SMILES string of the molecule is CCNC(=NCc1ccco1)NCC1CCCc2ccccc21. The normalized spacial score (nSPS) is 17.6. The Morgan fingerprint density at radius 3 is 2.96 bits per heavy atom. The van der Waals surface area contributed by atoms with Crippen LogP contribution in [0, 0.1) is 0 Å². The molecule has 0 spiro atoms. The molecule has 0 bridgehead atoms. The molecule has 1 aromatic carbocycles. The fourth-order valence-electron chi connectivity index (χ4n) is 3.19. The van der Waals surface area contributed by atoms with Gasteiger partial charge in [0.1, 0.15) is 12.3 Å². The predicted molar refractivity (Wildman–Crippen MR) is 93.6 cm³/mol. The largest absolute Gasteiger partial charge is 0.467 e. The Morgan fingerprint density at radius 2 is 2.13 bits per heavy atom. The number of fused-ring (bicyclic) bond motifs is 1. The van der Waals surface area contributed by atoms with Gasteiger partial charge >= 0.3 is 0 Å². The minimum Gasteiger partial charge on any atom is -0.467 e. The molecule has 1 heterocycles. The summed E-state index contributed by atoms with van der Waals surface area (Å²) in [6, 6.07) is 12.7. The maximum absolute atomic E-state index is 5.34. The summed E-state index contributed by atoms with van der Waals surface area (Å²) in [5.74, 6) is 2.30. The van der Waals surface area contributed by atoms with Crippen molar-refractivity contribution in [1.82, 2.24) is 10.6 Å². The fourth-order valence-corrected chi connectivity index (χ4v) is 3.19. The van der Waals surface area contributed by atoms with Gasteiger partial charge in [-0.15, -0.1) is 0 Å². The molecule has 23 heavy (non-hydrogen) atoms. The summed E-state index contributed by atoms with van der Waals surface area (Å²) in [4.78, 5) is 4.60. The van der Waals surface area contributed by atoms with Gasteiger partial charge in [-0.1, -0.05) is 24.3 Å². The minimum absolute atomic E-state index is 0.559. The van der Waals surface area contributed by atoms with Crippen LogP contribution in [0.15, 0.2) is 52.1 Å². The number of aliphatic imine (C=N–C) groups is 1. The topological polar surface area (TPSA) is 49.6 Å². The van der Waals surface area contributed by atoms with Crippen molar-refractivity contribution in [2.75, 3.05) is 13.1 Å². The van der Waals surface area contributed by atoms with Gasteiger partial charge in [-0.05, 0) is 49.4 Å². The van der Waals surface area contributed by atoms with E-state index >= 15 is 0 Å². The molecular formula is C19H25N3O. The lowest BCUT2D eigenvalue weighted by atomic mass is 9.83. The average molecular weight is 311 g/mol. The Morgan fingerprint density at radius 1 is 1.22 bits per heavy atom. The number of furan rings is 1. The maximum atomic E-state index is 5.34. The van der Waals surface area contributed by atoms with Crippen molar-refractivity contribution in [3.8, 4) is 0 Å². The second-order valence-corrected chi connectivity index (χ2v) is 5.94. The zero-order chi connectivity index (χ0) is 15.9. The highest BCUT2D eigenvalue weighted by molar-refractivity contribution is 5.79. The Bertz CT molecular complexity index is 634. The van der Waals surface area contributed by atoms with Gasteiger partial charge in [0, 0.05) is 19.0 Å². The molecule has 122 valence electrons. The highest BCUT2D eigenvalue weighted by atomic mass is 16.3. The van der Waals surface area contributed by atoms with Crippen LogP contribution >= 0.6 is 0 Å². The number of nitrogens with zero attached hydrogens (tertiary/aromatic N) is 1. The van der Waals surface area contributed by atoms with Gasteiger partial charge in [-0.3, -0.25) is 0 Å². The van der Waals surface area contributed by atoms with E-state index in [1.165, 1.54) is 30.4 Å². The van der Waals surface area contributed by atoms with Gasteiger partial charge < -0.3 is 15.1 Å². The third-order valence-corrected chi connectivity index (χ3v) is 4.33. The van der Waals surface area contributed by atoms with Gasteiger partial charge in [0.2, 0.25) is 0 Å². The van der Waals surface area contributed by atoms with Crippen LogP contribution < -0.4 is 10.6 Å². The number of guanidine groups is 1. The Kier molecular flexibility index (Phi) is 5.35. The first-order chi connectivity index (χ1) is 11.4. The highest BCUT2D eigenvalue weighted by Gasteiger charge is 2.19. The van der Waals surface area contributed by atoms with Crippen molar-refractivity contribution in [2.24, 2.45) is 4.99 Å². The van der Waals surface area contributed by atoms with Crippen molar-refractivity contribution in [2.45, 2.75) is 38.6 Å². The molecule has 2 aromatic rings. The molecule has 0 amide bonds. The van der Waals surface area contributed by atoms with Crippen LogP contribution in [0.25, 0.3) is 0 Å². The Balaban J connectivity index is 1.62. The van der Waals surface area contributed by atoms with Crippen LogP contribution in [0.4, 0.5) is 0 Å². The third kappa shape index (κ3) is 4.15. The second kappa shape index (κ2) is 7.86. The van der Waals surface area contributed by atoms with Gasteiger partial charge in [0.05, 0.1) is 6.26 Å². The van der Waals surface area contributed by atoms with Crippen LogP contribution in [0.1, 0.15) is 42.6 Å². The molecule has 0 saturated carbocycles. The van der Waals surface area contributed by atoms with E-state index in [1.54, 1.807) is 6.26 Å². The zero-order valence-electron chi connectivity index (χ0n) is 13.7. The lowest BCUT2D eigenvalue weighted by molar-refractivity contribution is 0.510. The highest BCUT2D eigenvalue weighted by Crippen LogP contribution is 2.30. The summed E-state index contributed by atoms with van der Waals surface area (Å²) in [6.07, 6.45) is 5.40. The molecule has 1 aromatic heterocycles. The van der Waals surface area contributed by atoms with E-state index in [4.69, 9.17) is 4.42 Å². The minimum atomic E-state index is 0.559. The van der Waals surface area contributed by atoms with Gasteiger partial charge in [0.15, 0.2) is 5.96 Å². The van der Waals surface area contributed by atoms with Crippen LogP contribution in [-0.4, -0.2) is 19.0 Å². The molecule has 3 rings (SSSR count). The number of hydrogen-bond donors (Lipinski definition) is 2. The molecule has 1 unspecified atom stereocenters. The standard InChI is InChI=1S/C19H25N3O/c1-2-20-19(22-14-17-10-6-12-23-17)21-13-16-9-5-8-15-7-3-4-11-18(15)16/h3-4,6-7,10-12,16H,2,5,8-9,13-14H2,1H3,(H2,20,21,22). The molecule has 4 nitrogen and oxygen atoms in total. The van der Waals surface area contributed by atoms with Crippen molar-refractivity contribution in [1.29, 1.82) is 0 Å². The monoisotopic (exact) mass is 311 g/mol. The van der Waals surface area contributed by atoms with E-state index in [2.05, 4.69) is 46.8 Å². The molecule has 1 aliphatic carbocycles. The van der Waals surface area contributed by atoms with Crippen molar-refractivity contribution >= 4 is 5.96 Å². The predicted octanol–water partition coefficient (Wildman–Crippen LogP) is 3.45. The number of benzene rings is 1. The summed E-state index contributed by atoms with van der Waals surface area (Å²) in [7, 11) is 0. The zero-order valence-corrected chi connectivity index (χ0v) is 13.7. The Labute approximate surface area is 138 Å². The lowest BCUT2D eigenvalue weighted by Crippen LogP contribution is -2.39. The summed E-state index contributed by atoms with van der Waals surface area (Å²) >= 11 is 0. The van der Waals surface area contributed by atoms with Crippen molar-refractivity contribution < 1.29 is 4.42 Å². The molecule has 0 saturated heterocycles. The molecule has 1 aliphatic rings. The molecule has 1 atom stereocenters. The molecule has 0 radical (unpaired) electrons. The third-order valence-electron chi connectivity index (χ3n) is 4.33. The van der Waals surface area contributed by atoms with Gasteiger partial charge in [-0.25, -0.2) is 4.99 Å². The lowest BCUT2D eigenvalue weighted by Gasteiger charge is -2.26. The van der Waals surface area contributed by atoms with E-state index in [9.17, 15) is 0 Å². The smallest absolute Gasteiger partial charge is 0.191 e. The van der Waals surface area contributed by atoms with E-state index in [0.717, 1.165) is 24.8 Å². The van der Waals surface area contributed by atoms with E-state index in [1.807, 2.05) is 12.1 Å². The molecule has 0 fully saturated rings. The molecular weight excluding hydrogens is 286 g/mol. The second-order valence-electron chi connectivity index (χ2n) is 5.94.